The second-order valence-electron chi connectivity index (χ2n) is 8.07. The Labute approximate surface area is 191 Å². The normalized spacial score (nSPS) is 11.9. The number of sulfonamides is 2. The highest BCUT2D eigenvalue weighted by molar-refractivity contribution is 7.93. The molecule has 0 aliphatic rings. The molecule has 0 bridgehead atoms. The van der Waals surface area contributed by atoms with Crippen LogP contribution in [0.1, 0.15) is 27.8 Å². The first kappa shape index (κ1) is 23.8. The monoisotopic (exact) mass is 472 g/mol. The van der Waals surface area contributed by atoms with Crippen molar-refractivity contribution in [3.05, 3.63) is 82.4 Å². The van der Waals surface area contributed by atoms with E-state index in [1.165, 1.54) is 25.2 Å². The minimum atomic E-state index is -3.96. The Morgan fingerprint density at radius 1 is 0.719 bits per heavy atom. The van der Waals surface area contributed by atoms with Crippen LogP contribution in [0.25, 0.3) is 0 Å². The molecule has 0 fully saturated rings. The lowest BCUT2D eigenvalue weighted by atomic mass is 10.1. The van der Waals surface area contributed by atoms with Gasteiger partial charge in [0.1, 0.15) is 0 Å². The summed E-state index contributed by atoms with van der Waals surface area (Å²) in [7, 11) is -6.38. The Hall–Kier alpha value is -2.84. The molecular formula is C24H28N2O4S2. The number of rotatable bonds is 6. The Balaban J connectivity index is 2.09. The van der Waals surface area contributed by atoms with E-state index in [1.54, 1.807) is 38.1 Å². The Morgan fingerprint density at radius 2 is 1.28 bits per heavy atom. The third-order valence-corrected chi connectivity index (χ3v) is 8.71. The van der Waals surface area contributed by atoms with Gasteiger partial charge in [0.05, 0.1) is 21.2 Å². The molecule has 0 aliphatic carbocycles. The molecule has 3 aromatic rings. The summed E-state index contributed by atoms with van der Waals surface area (Å²) >= 11 is 0. The molecule has 0 saturated heterocycles. The molecule has 0 aliphatic heterocycles. The molecule has 1 N–H and O–H groups in total. The summed E-state index contributed by atoms with van der Waals surface area (Å²) in [5.41, 5.74) is 4.71. The number of anilines is 2. The molecule has 0 spiro atoms. The van der Waals surface area contributed by atoms with Gasteiger partial charge in [-0.1, -0.05) is 42.0 Å². The van der Waals surface area contributed by atoms with Gasteiger partial charge in [0.2, 0.25) is 0 Å². The topological polar surface area (TPSA) is 83.6 Å². The largest absolute Gasteiger partial charge is 0.279 e. The second-order valence-corrected chi connectivity index (χ2v) is 11.7. The van der Waals surface area contributed by atoms with Gasteiger partial charge in [0.25, 0.3) is 20.0 Å². The molecule has 170 valence electrons. The second kappa shape index (κ2) is 8.60. The van der Waals surface area contributed by atoms with Crippen molar-refractivity contribution in [1.29, 1.82) is 0 Å². The van der Waals surface area contributed by atoms with Crippen LogP contribution in [0.5, 0.6) is 0 Å². The number of nitrogens with one attached hydrogen (secondary N) is 1. The van der Waals surface area contributed by atoms with Crippen molar-refractivity contribution in [3.63, 3.8) is 0 Å². The number of aryl methyl sites for hydroxylation is 5. The fraction of sp³-hybridized carbons (Fsp3) is 0.250. The molecule has 0 heterocycles. The summed E-state index contributed by atoms with van der Waals surface area (Å²) in [6, 6.07) is 15.0. The maximum Gasteiger partial charge on any atom is 0.264 e. The van der Waals surface area contributed by atoms with Gasteiger partial charge in [-0.25, -0.2) is 16.8 Å². The van der Waals surface area contributed by atoms with Gasteiger partial charge in [-0.15, -0.1) is 0 Å². The minimum absolute atomic E-state index is 0.0348. The quantitative estimate of drug-likeness (QED) is 0.556. The van der Waals surface area contributed by atoms with E-state index in [-0.39, 0.29) is 9.79 Å². The Kier molecular flexibility index (Phi) is 6.40. The number of nitrogens with zero attached hydrogens (tertiary/aromatic N) is 1. The average Bonchev–Trinajstić information content (AvgIpc) is 2.70. The van der Waals surface area contributed by atoms with Crippen molar-refractivity contribution in [2.24, 2.45) is 0 Å². The Bertz CT molecular complexity index is 1360. The third kappa shape index (κ3) is 4.52. The molecule has 32 heavy (non-hydrogen) atoms. The maximum absolute atomic E-state index is 13.3. The summed E-state index contributed by atoms with van der Waals surface area (Å²) in [4.78, 5) is 0.170. The predicted octanol–water partition coefficient (Wildman–Crippen LogP) is 4.85. The molecule has 0 amide bonds. The van der Waals surface area contributed by atoms with Crippen LogP contribution in [0.4, 0.5) is 11.4 Å². The summed E-state index contributed by atoms with van der Waals surface area (Å²) < 4.78 is 56.7. The summed E-state index contributed by atoms with van der Waals surface area (Å²) in [5.74, 6) is 0. The SMILES string of the molecule is Cc1cc(C)c(NS(=O)(=O)c2cc(N(C)S(=O)(=O)c3ccccc3)c(C)cc2C)c(C)c1. The van der Waals surface area contributed by atoms with Gasteiger partial charge in [-0.05, 0) is 75.1 Å². The zero-order chi connectivity index (χ0) is 23.8. The molecular weight excluding hydrogens is 444 g/mol. The van der Waals surface area contributed by atoms with Crippen molar-refractivity contribution < 1.29 is 16.8 Å². The van der Waals surface area contributed by atoms with Crippen LogP contribution >= 0.6 is 0 Å². The molecule has 0 saturated carbocycles. The molecule has 3 rings (SSSR count). The first-order valence-electron chi connectivity index (χ1n) is 10.1. The van der Waals surface area contributed by atoms with Gasteiger partial charge in [0.15, 0.2) is 0 Å². The lowest BCUT2D eigenvalue weighted by Gasteiger charge is -2.23. The average molecular weight is 473 g/mol. The van der Waals surface area contributed by atoms with Crippen molar-refractivity contribution in [1.82, 2.24) is 0 Å². The van der Waals surface area contributed by atoms with Crippen LogP contribution in [-0.4, -0.2) is 23.9 Å². The number of hydrogen-bond acceptors (Lipinski definition) is 4. The van der Waals surface area contributed by atoms with Gasteiger partial charge in [-0.2, -0.15) is 0 Å². The maximum atomic E-state index is 13.3. The van der Waals surface area contributed by atoms with E-state index >= 15 is 0 Å². The molecule has 8 heteroatoms. The fourth-order valence-electron chi connectivity index (χ4n) is 3.86. The zero-order valence-electron chi connectivity index (χ0n) is 19.1. The van der Waals surface area contributed by atoms with Crippen LogP contribution in [0.2, 0.25) is 0 Å². The predicted molar refractivity (Wildman–Crippen MR) is 129 cm³/mol. The van der Waals surface area contributed by atoms with Crippen molar-refractivity contribution in [3.8, 4) is 0 Å². The van der Waals surface area contributed by atoms with Crippen molar-refractivity contribution in [2.45, 2.75) is 44.4 Å². The minimum Gasteiger partial charge on any atom is -0.279 e. The fourth-order valence-corrected chi connectivity index (χ4v) is 6.58. The van der Waals surface area contributed by atoms with Crippen LogP contribution < -0.4 is 9.03 Å². The highest BCUT2D eigenvalue weighted by Gasteiger charge is 2.26. The van der Waals surface area contributed by atoms with Gasteiger partial charge in [0, 0.05) is 7.05 Å². The number of benzene rings is 3. The van der Waals surface area contributed by atoms with Crippen LogP contribution in [-0.2, 0) is 20.0 Å². The highest BCUT2D eigenvalue weighted by Crippen LogP contribution is 2.32. The molecule has 3 aromatic carbocycles. The smallest absolute Gasteiger partial charge is 0.264 e. The standard InChI is InChI=1S/C24H28N2O4S2/c1-16-12-19(4)24(20(5)13-16)25-31(27,28)23-15-22(17(2)14-18(23)3)26(6)32(29,30)21-10-8-7-9-11-21/h7-15,25H,1-6H3. The third-order valence-electron chi connectivity index (χ3n) is 5.44. The molecule has 0 aromatic heterocycles. The van der Waals surface area contributed by atoms with Crippen LogP contribution in [0, 0.1) is 34.6 Å². The van der Waals surface area contributed by atoms with Crippen molar-refractivity contribution in [2.75, 3.05) is 16.1 Å². The van der Waals surface area contributed by atoms with Crippen LogP contribution in [0.15, 0.2) is 64.4 Å². The lowest BCUT2D eigenvalue weighted by molar-refractivity contribution is 0.593. The first-order chi connectivity index (χ1) is 14.8. The van der Waals surface area contributed by atoms with Gasteiger partial charge >= 0.3 is 0 Å². The van der Waals surface area contributed by atoms with E-state index < -0.39 is 20.0 Å². The zero-order valence-corrected chi connectivity index (χ0v) is 20.7. The Morgan fingerprint density at radius 3 is 1.84 bits per heavy atom. The summed E-state index contributed by atoms with van der Waals surface area (Å²) in [5, 5.41) is 0. The van der Waals surface area contributed by atoms with E-state index in [2.05, 4.69) is 4.72 Å². The van der Waals surface area contributed by atoms with E-state index in [4.69, 9.17) is 0 Å². The van der Waals surface area contributed by atoms with E-state index in [1.807, 2.05) is 32.9 Å². The summed E-state index contributed by atoms with van der Waals surface area (Å²) in [6.45, 7) is 9.12. The van der Waals surface area contributed by atoms with E-state index in [9.17, 15) is 16.8 Å². The molecule has 6 nitrogen and oxygen atoms in total. The molecule has 0 atom stereocenters. The first-order valence-corrected chi connectivity index (χ1v) is 13.0. The van der Waals surface area contributed by atoms with E-state index in [0.29, 0.717) is 22.5 Å². The highest BCUT2D eigenvalue weighted by atomic mass is 32.2. The van der Waals surface area contributed by atoms with Crippen molar-refractivity contribution >= 4 is 31.4 Å². The molecule has 0 radical (unpaired) electrons. The molecule has 0 unspecified atom stereocenters. The number of hydrogen-bond donors (Lipinski definition) is 1. The van der Waals surface area contributed by atoms with Gasteiger partial charge in [-0.3, -0.25) is 9.03 Å². The van der Waals surface area contributed by atoms with Gasteiger partial charge < -0.3 is 0 Å². The van der Waals surface area contributed by atoms with E-state index in [0.717, 1.165) is 21.0 Å². The summed E-state index contributed by atoms with van der Waals surface area (Å²) in [6.07, 6.45) is 0. The lowest BCUT2D eigenvalue weighted by Crippen LogP contribution is -2.28. The van der Waals surface area contributed by atoms with Crippen LogP contribution in [0.3, 0.4) is 0 Å².